The lowest BCUT2D eigenvalue weighted by Gasteiger charge is -2.38. The predicted octanol–water partition coefficient (Wildman–Crippen LogP) is 1.72. The molecule has 0 aromatic heterocycles. The number of hydrogen-bond donors (Lipinski definition) is 5. The van der Waals surface area contributed by atoms with Crippen LogP contribution in [0.4, 0.5) is 0 Å². The maximum Gasteiger partial charge on any atom is 0.160 e. The molecule has 2 aromatic carbocycles. The Hall–Kier alpha value is -2.44. The second kappa shape index (κ2) is 6.82. The molecule has 2 aromatic rings. The molecular formula is C19H22O6. The summed E-state index contributed by atoms with van der Waals surface area (Å²) in [5.74, 6) is -0.887. The van der Waals surface area contributed by atoms with Crippen LogP contribution in [0.5, 0.6) is 23.0 Å². The molecular weight excluding hydrogens is 324 g/mol. The van der Waals surface area contributed by atoms with Gasteiger partial charge in [0.25, 0.3) is 0 Å². The SMILES string of the molecule is COc1cc(C2c3cc(O)c(O)cc3CC(CO)C2CO)ccc1O. The van der Waals surface area contributed by atoms with Gasteiger partial charge in [-0.1, -0.05) is 6.07 Å². The van der Waals surface area contributed by atoms with Crippen molar-refractivity contribution in [3.63, 3.8) is 0 Å². The summed E-state index contributed by atoms with van der Waals surface area (Å²) in [4.78, 5) is 0. The first kappa shape index (κ1) is 17.4. The number of benzene rings is 2. The number of phenols is 3. The highest BCUT2D eigenvalue weighted by Gasteiger charge is 2.38. The molecule has 134 valence electrons. The van der Waals surface area contributed by atoms with E-state index in [0.717, 1.165) is 16.7 Å². The van der Waals surface area contributed by atoms with Gasteiger partial charge in [0, 0.05) is 19.1 Å². The second-order valence-electron chi connectivity index (χ2n) is 6.44. The van der Waals surface area contributed by atoms with Gasteiger partial charge >= 0.3 is 0 Å². The van der Waals surface area contributed by atoms with Gasteiger partial charge in [-0.3, -0.25) is 0 Å². The molecule has 0 amide bonds. The summed E-state index contributed by atoms with van der Waals surface area (Å²) in [7, 11) is 1.46. The number of aliphatic hydroxyl groups excluding tert-OH is 2. The van der Waals surface area contributed by atoms with E-state index in [1.54, 1.807) is 12.1 Å². The highest BCUT2D eigenvalue weighted by molar-refractivity contribution is 5.53. The van der Waals surface area contributed by atoms with E-state index in [-0.39, 0.29) is 48.2 Å². The Morgan fingerprint density at radius 3 is 2.32 bits per heavy atom. The Morgan fingerprint density at radius 1 is 0.960 bits per heavy atom. The van der Waals surface area contributed by atoms with Gasteiger partial charge in [-0.05, 0) is 59.2 Å². The van der Waals surface area contributed by atoms with Gasteiger partial charge in [0.05, 0.1) is 7.11 Å². The Balaban J connectivity index is 2.19. The summed E-state index contributed by atoms with van der Waals surface area (Å²) in [6, 6.07) is 7.95. The topological polar surface area (TPSA) is 110 Å². The summed E-state index contributed by atoms with van der Waals surface area (Å²) in [5, 5.41) is 49.3. The first-order chi connectivity index (χ1) is 12.0. The maximum atomic E-state index is 9.95. The maximum absolute atomic E-state index is 9.95. The van der Waals surface area contributed by atoms with Crippen molar-refractivity contribution in [3.8, 4) is 23.0 Å². The molecule has 3 atom stereocenters. The number of ether oxygens (including phenoxy) is 1. The lowest BCUT2D eigenvalue weighted by molar-refractivity contribution is 0.101. The summed E-state index contributed by atoms with van der Waals surface area (Å²) >= 11 is 0. The van der Waals surface area contributed by atoms with E-state index < -0.39 is 0 Å². The molecule has 6 nitrogen and oxygen atoms in total. The van der Waals surface area contributed by atoms with E-state index >= 15 is 0 Å². The third-order valence-corrected chi connectivity index (χ3v) is 5.10. The van der Waals surface area contributed by atoms with Crippen LogP contribution in [0.3, 0.4) is 0 Å². The van der Waals surface area contributed by atoms with E-state index in [1.807, 2.05) is 0 Å². The molecule has 0 radical (unpaired) electrons. The number of aliphatic hydroxyl groups is 2. The Labute approximate surface area is 145 Å². The van der Waals surface area contributed by atoms with E-state index in [9.17, 15) is 25.5 Å². The zero-order valence-electron chi connectivity index (χ0n) is 13.9. The Kier molecular flexibility index (Phi) is 4.74. The van der Waals surface area contributed by atoms with Gasteiger partial charge in [0.2, 0.25) is 0 Å². The summed E-state index contributed by atoms with van der Waals surface area (Å²) in [6.07, 6.45) is 0.497. The van der Waals surface area contributed by atoms with E-state index in [2.05, 4.69) is 0 Å². The Morgan fingerprint density at radius 2 is 1.68 bits per heavy atom. The van der Waals surface area contributed by atoms with Gasteiger partial charge < -0.3 is 30.3 Å². The van der Waals surface area contributed by atoms with Crippen LogP contribution in [0.15, 0.2) is 30.3 Å². The number of aromatic hydroxyl groups is 3. The van der Waals surface area contributed by atoms with Gasteiger partial charge in [-0.2, -0.15) is 0 Å². The van der Waals surface area contributed by atoms with Crippen molar-refractivity contribution in [2.75, 3.05) is 20.3 Å². The monoisotopic (exact) mass is 346 g/mol. The highest BCUT2D eigenvalue weighted by atomic mass is 16.5. The molecule has 25 heavy (non-hydrogen) atoms. The summed E-state index contributed by atoms with van der Waals surface area (Å²) < 4.78 is 5.18. The van der Waals surface area contributed by atoms with E-state index in [4.69, 9.17) is 4.74 Å². The fourth-order valence-electron chi connectivity index (χ4n) is 3.81. The summed E-state index contributed by atoms with van der Waals surface area (Å²) in [6.45, 7) is -0.238. The van der Waals surface area contributed by atoms with Crippen molar-refractivity contribution in [1.82, 2.24) is 0 Å². The van der Waals surface area contributed by atoms with Crippen molar-refractivity contribution >= 4 is 0 Å². The fourth-order valence-corrected chi connectivity index (χ4v) is 3.81. The summed E-state index contributed by atoms with van der Waals surface area (Å²) in [5.41, 5.74) is 2.39. The van der Waals surface area contributed by atoms with E-state index in [0.29, 0.717) is 12.2 Å². The van der Waals surface area contributed by atoms with Crippen LogP contribution in [0.1, 0.15) is 22.6 Å². The number of hydrogen-bond acceptors (Lipinski definition) is 6. The molecule has 3 unspecified atom stereocenters. The molecule has 0 saturated heterocycles. The van der Waals surface area contributed by atoms with Crippen LogP contribution < -0.4 is 4.74 Å². The zero-order chi connectivity index (χ0) is 18.1. The molecule has 0 bridgehead atoms. The average molecular weight is 346 g/mol. The van der Waals surface area contributed by atoms with Crippen molar-refractivity contribution in [3.05, 3.63) is 47.0 Å². The third-order valence-electron chi connectivity index (χ3n) is 5.10. The zero-order valence-corrected chi connectivity index (χ0v) is 13.9. The lowest BCUT2D eigenvalue weighted by Crippen LogP contribution is -2.35. The van der Waals surface area contributed by atoms with Crippen molar-refractivity contribution in [2.24, 2.45) is 11.8 Å². The second-order valence-corrected chi connectivity index (χ2v) is 6.44. The minimum atomic E-state index is -0.313. The lowest BCUT2D eigenvalue weighted by atomic mass is 9.67. The molecule has 0 fully saturated rings. The van der Waals surface area contributed by atoms with Gasteiger partial charge in [0.1, 0.15) is 0 Å². The first-order valence-electron chi connectivity index (χ1n) is 8.13. The number of methoxy groups -OCH3 is 1. The molecule has 0 saturated carbocycles. The minimum Gasteiger partial charge on any atom is -0.504 e. The van der Waals surface area contributed by atoms with Crippen molar-refractivity contribution in [2.45, 2.75) is 12.3 Å². The van der Waals surface area contributed by atoms with Crippen LogP contribution in [0.25, 0.3) is 0 Å². The van der Waals surface area contributed by atoms with Gasteiger partial charge in [-0.25, -0.2) is 0 Å². The van der Waals surface area contributed by atoms with Crippen LogP contribution in [-0.2, 0) is 6.42 Å². The van der Waals surface area contributed by atoms with Crippen LogP contribution in [0, 0.1) is 11.8 Å². The Bertz CT molecular complexity index is 773. The normalized spacial score (nSPS) is 22.4. The number of rotatable bonds is 4. The predicted molar refractivity (Wildman–Crippen MR) is 91.1 cm³/mol. The van der Waals surface area contributed by atoms with Gasteiger partial charge in [0.15, 0.2) is 23.0 Å². The number of fused-ring (bicyclic) bond motifs is 1. The largest absolute Gasteiger partial charge is 0.504 e. The number of phenolic OH excluding ortho intramolecular Hbond substituents is 3. The standard InChI is InChI=1S/C19H22O6/c1-25-18-6-10(2-3-15(18)22)19-13-7-17(24)16(23)5-11(13)4-12(8-20)14(19)9-21/h2-3,5-7,12,14,19-24H,4,8-9H2,1H3. The molecule has 3 rings (SSSR count). The quantitative estimate of drug-likeness (QED) is 0.539. The molecule has 0 spiro atoms. The van der Waals surface area contributed by atoms with E-state index in [1.165, 1.54) is 25.3 Å². The molecule has 0 heterocycles. The molecule has 1 aliphatic carbocycles. The molecule has 0 aliphatic heterocycles. The molecule has 1 aliphatic rings. The van der Waals surface area contributed by atoms with Crippen molar-refractivity contribution in [1.29, 1.82) is 0 Å². The van der Waals surface area contributed by atoms with Crippen molar-refractivity contribution < 1.29 is 30.3 Å². The molecule has 5 N–H and O–H groups in total. The smallest absolute Gasteiger partial charge is 0.160 e. The van der Waals surface area contributed by atoms with Gasteiger partial charge in [-0.15, -0.1) is 0 Å². The third kappa shape index (κ3) is 2.99. The molecule has 6 heteroatoms. The average Bonchev–Trinajstić information content (AvgIpc) is 2.62. The first-order valence-corrected chi connectivity index (χ1v) is 8.13. The minimum absolute atomic E-state index is 0.00935. The highest BCUT2D eigenvalue weighted by Crippen LogP contribution is 2.47. The van der Waals surface area contributed by atoms with Crippen LogP contribution in [0.2, 0.25) is 0 Å². The van der Waals surface area contributed by atoms with Crippen LogP contribution >= 0.6 is 0 Å². The fraction of sp³-hybridized carbons (Fsp3) is 0.368. The van der Waals surface area contributed by atoms with Crippen LogP contribution in [-0.4, -0.2) is 45.9 Å².